The number of pyridine rings is 1. The Morgan fingerprint density at radius 1 is 1.06 bits per heavy atom. The molecule has 0 aliphatic heterocycles. The zero-order chi connectivity index (χ0) is 21.8. The maximum Gasteiger partial charge on any atom is 0.323 e. The highest BCUT2D eigenvalue weighted by molar-refractivity contribution is 6.30. The lowest BCUT2D eigenvalue weighted by Gasteiger charge is -2.13. The van der Waals surface area contributed by atoms with Crippen LogP contribution in [0.5, 0.6) is 5.75 Å². The molecule has 0 spiro atoms. The molecule has 0 aliphatic carbocycles. The second-order valence-electron chi connectivity index (χ2n) is 6.89. The van der Waals surface area contributed by atoms with E-state index in [2.05, 4.69) is 15.6 Å². The Labute approximate surface area is 183 Å². The molecule has 7 nitrogen and oxygen atoms in total. The summed E-state index contributed by atoms with van der Waals surface area (Å²) in [5, 5.41) is 6.08. The SMILES string of the molecule is Cc1ccc2nc(COc3ccccc3NC(=O)Nc3ccc(Cl)cc3)cc(=O)n2c1. The molecule has 8 heteroatoms. The zero-order valence-electron chi connectivity index (χ0n) is 16.6. The quantitative estimate of drug-likeness (QED) is 0.469. The molecule has 2 aromatic heterocycles. The lowest BCUT2D eigenvalue weighted by atomic mass is 10.3. The van der Waals surface area contributed by atoms with E-state index < -0.39 is 6.03 Å². The number of carbonyl (C=O) groups is 1. The Kier molecular flexibility index (Phi) is 5.86. The van der Waals surface area contributed by atoms with E-state index in [-0.39, 0.29) is 12.2 Å². The fourth-order valence-electron chi connectivity index (χ4n) is 3.00. The molecule has 2 aromatic carbocycles. The average Bonchev–Trinajstić information content (AvgIpc) is 2.75. The molecule has 0 saturated carbocycles. The van der Waals surface area contributed by atoms with Gasteiger partial charge >= 0.3 is 6.03 Å². The summed E-state index contributed by atoms with van der Waals surface area (Å²) < 4.78 is 7.34. The smallest absolute Gasteiger partial charge is 0.323 e. The number of amides is 2. The van der Waals surface area contributed by atoms with Gasteiger partial charge in [-0.2, -0.15) is 0 Å². The van der Waals surface area contributed by atoms with Gasteiger partial charge in [0, 0.05) is 23.0 Å². The van der Waals surface area contributed by atoms with Crippen LogP contribution < -0.4 is 20.9 Å². The Morgan fingerprint density at radius 2 is 1.84 bits per heavy atom. The van der Waals surface area contributed by atoms with Crippen LogP contribution in [0.15, 0.2) is 77.7 Å². The Hall–Kier alpha value is -3.84. The minimum Gasteiger partial charge on any atom is -0.485 e. The van der Waals surface area contributed by atoms with Crippen molar-refractivity contribution in [1.29, 1.82) is 0 Å². The molecule has 4 rings (SSSR count). The normalized spacial score (nSPS) is 10.6. The first-order valence-corrected chi connectivity index (χ1v) is 9.90. The molecule has 2 amide bonds. The van der Waals surface area contributed by atoms with E-state index in [0.29, 0.717) is 33.5 Å². The number of benzene rings is 2. The van der Waals surface area contributed by atoms with Gasteiger partial charge in [0.05, 0.1) is 11.4 Å². The van der Waals surface area contributed by atoms with Crippen molar-refractivity contribution in [2.75, 3.05) is 10.6 Å². The number of aromatic nitrogens is 2. The van der Waals surface area contributed by atoms with E-state index in [0.717, 1.165) is 5.56 Å². The molecule has 156 valence electrons. The van der Waals surface area contributed by atoms with Gasteiger partial charge in [0.2, 0.25) is 0 Å². The van der Waals surface area contributed by atoms with Gasteiger partial charge in [0.1, 0.15) is 18.0 Å². The van der Waals surface area contributed by atoms with Gasteiger partial charge in [-0.25, -0.2) is 9.78 Å². The van der Waals surface area contributed by atoms with Crippen molar-refractivity contribution in [3.63, 3.8) is 0 Å². The highest BCUT2D eigenvalue weighted by Crippen LogP contribution is 2.25. The van der Waals surface area contributed by atoms with E-state index in [4.69, 9.17) is 16.3 Å². The maximum atomic E-state index is 12.4. The highest BCUT2D eigenvalue weighted by atomic mass is 35.5. The molecular formula is C23H19ClN4O3. The monoisotopic (exact) mass is 434 g/mol. The number of aryl methyl sites for hydroxylation is 1. The van der Waals surface area contributed by atoms with Crippen molar-refractivity contribution >= 4 is 34.7 Å². The Bertz CT molecular complexity index is 1300. The van der Waals surface area contributed by atoms with E-state index in [1.165, 1.54) is 10.5 Å². The van der Waals surface area contributed by atoms with Gasteiger partial charge in [-0.3, -0.25) is 9.20 Å². The van der Waals surface area contributed by atoms with E-state index in [1.807, 2.05) is 13.0 Å². The molecule has 0 bridgehead atoms. The third-order valence-electron chi connectivity index (χ3n) is 4.47. The fourth-order valence-corrected chi connectivity index (χ4v) is 3.12. The molecule has 0 aliphatic rings. The highest BCUT2D eigenvalue weighted by Gasteiger charge is 2.10. The maximum absolute atomic E-state index is 12.4. The number of hydrogen-bond acceptors (Lipinski definition) is 4. The summed E-state index contributed by atoms with van der Waals surface area (Å²) in [5.41, 5.74) is 2.93. The van der Waals surface area contributed by atoms with Crippen LogP contribution in [0.25, 0.3) is 5.65 Å². The number of fused-ring (bicyclic) bond motifs is 1. The van der Waals surface area contributed by atoms with Crippen LogP contribution in [0.3, 0.4) is 0 Å². The van der Waals surface area contributed by atoms with Crippen LogP contribution >= 0.6 is 11.6 Å². The summed E-state index contributed by atoms with van der Waals surface area (Å²) in [6.07, 6.45) is 1.74. The molecule has 0 unspecified atom stereocenters. The van der Waals surface area contributed by atoms with Gasteiger partial charge in [-0.1, -0.05) is 29.8 Å². The average molecular weight is 435 g/mol. The number of hydrogen-bond donors (Lipinski definition) is 2. The minimum atomic E-state index is -0.421. The van der Waals surface area contributed by atoms with Crippen molar-refractivity contribution in [2.45, 2.75) is 13.5 Å². The van der Waals surface area contributed by atoms with E-state index in [1.54, 1.807) is 60.8 Å². The number of carbonyl (C=O) groups excluding carboxylic acids is 1. The first-order valence-electron chi connectivity index (χ1n) is 9.52. The van der Waals surface area contributed by atoms with E-state index >= 15 is 0 Å². The van der Waals surface area contributed by atoms with Gasteiger partial charge < -0.3 is 15.4 Å². The topological polar surface area (TPSA) is 84.7 Å². The molecule has 4 aromatic rings. The van der Waals surface area contributed by atoms with Gasteiger partial charge in [0.15, 0.2) is 0 Å². The fraction of sp³-hybridized carbons (Fsp3) is 0.0870. The molecule has 0 fully saturated rings. The molecule has 0 atom stereocenters. The van der Waals surface area contributed by atoms with Crippen molar-refractivity contribution in [1.82, 2.24) is 9.38 Å². The van der Waals surface area contributed by atoms with Crippen molar-refractivity contribution in [3.8, 4) is 5.75 Å². The van der Waals surface area contributed by atoms with Crippen LogP contribution in [0, 0.1) is 6.92 Å². The summed E-state index contributed by atoms with van der Waals surface area (Å²) >= 11 is 5.86. The van der Waals surface area contributed by atoms with Crippen molar-refractivity contribution in [3.05, 3.63) is 99.6 Å². The number of ether oxygens (including phenoxy) is 1. The van der Waals surface area contributed by atoms with E-state index in [9.17, 15) is 9.59 Å². The van der Waals surface area contributed by atoms with Gasteiger partial charge in [0.25, 0.3) is 5.56 Å². The molecular weight excluding hydrogens is 416 g/mol. The van der Waals surface area contributed by atoms with Crippen LogP contribution in [-0.4, -0.2) is 15.4 Å². The third-order valence-corrected chi connectivity index (χ3v) is 4.73. The van der Waals surface area contributed by atoms with Crippen LogP contribution in [0.4, 0.5) is 16.2 Å². The molecule has 0 saturated heterocycles. The predicted molar refractivity (Wildman–Crippen MR) is 121 cm³/mol. The van der Waals surface area contributed by atoms with Gasteiger partial charge in [-0.05, 0) is 55.0 Å². The number of para-hydroxylation sites is 2. The number of nitrogens with one attached hydrogen (secondary N) is 2. The number of halogens is 1. The molecule has 2 heterocycles. The molecule has 31 heavy (non-hydrogen) atoms. The van der Waals surface area contributed by atoms with Crippen molar-refractivity contribution in [2.24, 2.45) is 0 Å². The second kappa shape index (κ2) is 8.89. The summed E-state index contributed by atoms with van der Waals surface area (Å²) in [7, 11) is 0. The number of nitrogens with zero attached hydrogens (tertiary/aromatic N) is 2. The number of urea groups is 1. The molecule has 0 radical (unpaired) electrons. The first kappa shape index (κ1) is 20.4. The predicted octanol–water partition coefficient (Wildman–Crippen LogP) is 4.88. The Balaban J connectivity index is 1.47. The van der Waals surface area contributed by atoms with Crippen molar-refractivity contribution < 1.29 is 9.53 Å². The second-order valence-corrected chi connectivity index (χ2v) is 7.33. The standard InChI is InChI=1S/C23H19ClN4O3/c1-15-6-11-21-25-18(12-22(29)28(21)13-15)14-31-20-5-3-2-4-19(20)27-23(30)26-17-9-7-16(24)8-10-17/h2-13H,14H2,1H3,(H2,26,27,30). The lowest BCUT2D eigenvalue weighted by molar-refractivity contribution is 0.261. The summed E-state index contributed by atoms with van der Waals surface area (Å²) in [5.74, 6) is 0.458. The van der Waals surface area contributed by atoms with Crippen LogP contribution in [0.1, 0.15) is 11.3 Å². The molecule has 2 N–H and O–H groups in total. The largest absolute Gasteiger partial charge is 0.485 e. The zero-order valence-corrected chi connectivity index (χ0v) is 17.4. The van der Waals surface area contributed by atoms with Crippen LogP contribution in [0.2, 0.25) is 5.02 Å². The summed E-state index contributed by atoms with van der Waals surface area (Å²) in [6.45, 7) is 1.99. The first-order chi connectivity index (χ1) is 15.0. The summed E-state index contributed by atoms with van der Waals surface area (Å²) in [6, 6.07) is 18.5. The number of anilines is 2. The summed E-state index contributed by atoms with van der Waals surface area (Å²) in [4.78, 5) is 29.2. The number of rotatable bonds is 5. The van der Waals surface area contributed by atoms with Crippen LogP contribution in [-0.2, 0) is 6.61 Å². The Morgan fingerprint density at radius 3 is 2.65 bits per heavy atom. The van der Waals surface area contributed by atoms with Gasteiger partial charge in [-0.15, -0.1) is 0 Å². The third kappa shape index (κ3) is 5.02. The minimum absolute atomic E-state index is 0.0805. The lowest BCUT2D eigenvalue weighted by Crippen LogP contribution is -2.20.